The minimum absolute atomic E-state index is 0.0632. The Balaban J connectivity index is 1.35. The number of fused-ring (bicyclic) bond motifs is 1. The number of hydrogen-bond donors (Lipinski definition) is 0. The molecule has 0 aromatic heterocycles. The SMILES string of the molecule is COc1cccc(CC(=O)OCC(=O)N2N=C3C(=Cc4ccccc4)CCCC3C2c2ccccc2)c1. The van der Waals surface area contributed by atoms with Gasteiger partial charge in [0.2, 0.25) is 0 Å². The zero-order valence-corrected chi connectivity index (χ0v) is 20.9. The molecule has 6 heteroatoms. The van der Waals surface area contributed by atoms with E-state index in [-0.39, 0.29) is 30.9 Å². The number of amides is 1. The van der Waals surface area contributed by atoms with E-state index >= 15 is 0 Å². The predicted octanol–water partition coefficient (Wildman–Crippen LogP) is 5.60. The first-order valence-electron chi connectivity index (χ1n) is 12.6. The van der Waals surface area contributed by atoms with Gasteiger partial charge < -0.3 is 9.47 Å². The summed E-state index contributed by atoms with van der Waals surface area (Å²) in [6.45, 7) is -0.354. The lowest BCUT2D eigenvalue weighted by Gasteiger charge is -2.29. The highest BCUT2D eigenvalue weighted by Gasteiger charge is 2.43. The van der Waals surface area contributed by atoms with Gasteiger partial charge >= 0.3 is 5.97 Å². The fourth-order valence-electron chi connectivity index (χ4n) is 5.15. The van der Waals surface area contributed by atoms with Crippen molar-refractivity contribution in [2.24, 2.45) is 11.0 Å². The highest BCUT2D eigenvalue weighted by atomic mass is 16.5. The zero-order chi connectivity index (χ0) is 25.6. The van der Waals surface area contributed by atoms with Gasteiger partial charge in [0.25, 0.3) is 5.91 Å². The molecule has 1 fully saturated rings. The van der Waals surface area contributed by atoms with Crippen molar-refractivity contribution >= 4 is 23.7 Å². The summed E-state index contributed by atoms with van der Waals surface area (Å²) in [6.07, 6.45) is 5.14. The molecule has 0 N–H and O–H groups in total. The second-order valence-corrected chi connectivity index (χ2v) is 9.35. The van der Waals surface area contributed by atoms with Crippen LogP contribution in [0.5, 0.6) is 5.75 Å². The number of allylic oxidation sites excluding steroid dienone is 1. The summed E-state index contributed by atoms with van der Waals surface area (Å²) < 4.78 is 10.6. The Bertz CT molecular complexity index is 1320. The third-order valence-corrected chi connectivity index (χ3v) is 6.88. The maximum absolute atomic E-state index is 13.4. The van der Waals surface area contributed by atoms with Crippen molar-refractivity contribution in [2.45, 2.75) is 31.7 Å². The molecule has 3 aromatic rings. The van der Waals surface area contributed by atoms with Crippen LogP contribution in [0.25, 0.3) is 6.08 Å². The molecule has 0 saturated heterocycles. The molecule has 6 nitrogen and oxygen atoms in total. The summed E-state index contributed by atoms with van der Waals surface area (Å²) >= 11 is 0. The molecule has 37 heavy (non-hydrogen) atoms. The van der Waals surface area contributed by atoms with E-state index in [0.717, 1.165) is 47.2 Å². The molecule has 5 rings (SSSR count). The number of carbonyl (C=O) groups excluding carboxylic acids is 2. The van der Waals surface area contributed by atoms with E-state index in [9.17, 15) is 9.59 Å². The Morgan fingerprint density at radius 3 is 2.51 bits per heavy atom. The van der Waals surface area contributed by atoms with Gasteiger partial charge in [0.15, 0.2) is 6.61 Å². The standard InChI is InChI=1S/C31H30N2O4/c1-36-26-16-8-12-23(19-26)20-29(35)37-21-28(34)33-31(24-13-6-3-7-14-24)27-17-9-15-25(30(27)32-33)18-22-10-4-2-5-11-22/h2-8,10-14,16,18-19,27,31H,9,15,17,20-21H2,1H3. The van der Waals surface area contributed by atoms with Crippen LogP contribution in [0, 0.1) is 5.92 Å². The quantitative estimate of drug-likeness (QED) is 0.401. The molecule has 2 aliphatic rings. The molecule has 1 aliphatic heterocycles. The van der Waals surface area contributed by atoms with Crippen molar-refractivity contribution in [3.05, 3.63) is 107 Å². The number of carbonyl (C=O) groups is 2. The van der Waals surface area contributed by atoms with Gasteiger partial charge in [-0.2, -0.15) is 5.10 Å². The number of methoxy groups -OCH3 is 1. The topological polar surface area (TPSA) is 68.2 Å². The van der Waals surface area contributed by atoms with Crippen LogP contribution >= 0.6 is 0 Å². The van der Waals surface area contributed by atoms with Crippen LogP contribution in [0.1, 0.15) is 42.0 Å². The Labute approximate surface area is 217 Å². The van der Waals surface area contributed by atoms with E-state index in [0.29, 0.717) is 5.75 Å². The first kappa shape index (κ1) is 24.5. The number of rotatable bonds is 7. The molecule has 1 amide bonds. The van der Waals surface area contributed by atoms with Crippen molar-refractivity contribution in [3.63, 3.8) is 0 Å². The van der Waals surface area contributed by atoms with E-state index in [1.165, 1.54) is 5.01 Å². The smallest absolute Gasteiger partial charge is 0.310 e. The molecular weight excluding hydrogens is 464 g/mol. The van der Waals surface area contributed by atoms with Crippen LogP contribution in [0.2, 0.25) is 0 Å². The molecule has 188 valence electrons. The predicted molar refractivity (Wildman–Crippen MR) is 143 cm³/mol. The monoisotopic (exact) mass is 494 g/mol. The molecule has 0 radical (unpaired) electrons. The Kier molecular flexibility index (Phi) is 7.45. The van der Waals surface area contributed by atoms with E-state index in [1.807, 2.05) is 66.7 Å². The summed E-state index contributed by atoms with van der Waals surface area (Å²) in [4.78, 5) is 25.9. The van der Waals surface area contributed by atoms with Crippen LogP contribution in [0.4, 0.5) is 0 Å². The second-order valence-electron chi connectivity index (χ2n) is 9.35. The minimum atomic E-state index is -0.466. The molecular formula is C31H30N2O4. The number of hydrogen-bond acceptors (Lipinski definition) is 5. The van der Waals surface area contributed by atoms with Crippen molar-refractivity contribution < 1.29 is 19.1 Å². The van der Waals surface area contributed by atoms with Crippen LogP contribution in [-0.4, -0.2) is 36.3 Å². The normalized spacial score (nSPS) is 19.8. The average molecular weight is 495 g/mol. The Morgan fingerprint density at radius 2 is 1.76 bits per heavy atom. The van der Waals surface area contributed by atoms with Crippen LogP contribution in [-0.2, 0) is 20.7 Å². The molecule has 3 aromatic carbocycles. The molecule has 1 aliphatic carbocycles. The summed E-state index contributed by atoms with van der Waals surface area (Å²) in [6, 6.07) is 27.2. The average Bonchev–Trinajstić information content (AvgIpc) is 3.34. The van der Waals surface area contributed by atoms with Gasteiger partial charge in [-0.25, -0.2) is 5.01 Å². The van der Waals surface area contributed by atoms with E-state index in [4.69, 9.17) is 14.6 Å². The Morgan fingerprint density at radius 1 is 1.00 bits per heavy atom. The van der Waals surface area contributed by atoms with Crippen molar-refractivity contribution in [1.82, 2.24) is 5.01 Å². The molecule has 0 bridgehead atoms. The lowest BCUT2D eigenvalue weighted by molar-refractivity contribution is -0.152. The van der Waals surface area contributed by atoms with Crippen molar-refractivity contribution in [3.8, 4) is 5.75 Å². The summed E-state index contributed by atoms with van der Waals surface area (Å²) in [7, 11) is 1.58. The van der Waals surface area contributed by atoms with Gasteiger partial charge in [0.05, 0.1) is 25.3 Å². The molecule has 0 spiro atoms. The fraction of sp³-hybridized carbons (Fsp3) is 0.258. The third-order valence-electron chi connectivity index (χ3n) is 6.88. The zero-order valence-electron chi connectivity index (χ0n) is 20.9. The lowest BCUT2D eigenvalue weighted by Crippen LogP contribution is -2.34. The van der Waals surface area contributed by atoms with Gasteiger partial charge in [-0.1, -0.05) is 72.8 Å². The van der Waals surface area contributed by atoms with Gasteiger partial charge in [0, 0.05) is 5.92 Å². The number of ether oxygens (including phenoxy) is 2. The van der Waals surface area contributed by atoms with Gasteiger partial charge in [0.1, 0.15) is 5.75 Å². The first-order valence-corrected chi connectivity index (χ1v) is 12.6. The van der Waals surface area contributed by atoms with Crippen LogP contribution < -0.4 is 4.74 Å². The first-order chi connectivity index (χ1) is 18.1. The van der Waals surface area contributed by atoms with E-state index in [1.54, 1.807) is 13.2 Å². The van der Waals surface area contributed by atoms with Gasteiger partial charge in [-0.15, -0.1) is 0 Å². The van der Waals surface area contributed by atoms with Crippen LogP contribution in [0.3, 0.4) is 0 Å². The largest absolute Gasteiger partial charge is 0.497 e. The maximum Gasteiger partial charge on any atom is 0.310 e. The Hall–Kier alpha value is -4.19. The summed E-state index contributed by atoms with van der Waals surface area (Å²) in [5, 5.41) is 6.39. The maximum atomic E-state index is 13.4. The van der Waals surface area contributed by atoms with Gasteiger partial charge in [-0.05, 0) is 59.7 Å². The summed E-state index contributed by atoms with van der Waals surface area (Å²) in [5.74, 6) is -0.0231. The molecule has 2 unspecified atom stereocenters. The van der Waals surface area contributed by atoms with Crippen molar-refractivity contribution in [1.29, 1.82) is 0 Å². The lowest BCUT2D eigenvalue weighted by atomic mass is 9.77. The fourth-order valence-corrected chi connectivity index (χ4v) is 5.15. The van der Waals surface area contributed by atoms with E-state index in [2.05, 4.69) is 18.2 Å². The number of esters is 1. The van der Waals surface area contributed by atoms with Crippen LogP contribution in [0.15, 0.2) is 95.6 Å². The third kappa shape index (κ3) is 5.64. The highest BCUT2D eigenvalue weighted by Crippen LogP contribution is 2.44. The molecule has 1 heterocycles. The number of hydrazone groups is 1. The van der Waals surface area contributed by atoms with E-state index < -0.39 is 5.97 Å². The van der Waals surface area contributed by atoms with Crippen molar-refractivity contribution in [2.75, 3.05) is 13.7 Å². The van der Waals surface area contributed by atoms with Gasteiger partial charge in [-0.3, -0.25) is 9.59 Å². The molecule has 2 atom stereocenters. The molecule has 1 saturated carbocycles. The number of benzene rings is 3. The minimum Gasteiger partial charge on any atom is -0.497 e. The summed E-state index contributed by atoms with van der Waals surface area (Å²) in [5.41, 5.74) is 5.03. The second kappa shape index (κ2) is 11.2. The number of nitrogens with zero attached hydrogens (tertiary/aromatic N) is 2. The highest BCUT2D eigenvalue weighted by molar-refractivity contribution is 6.08.